The molecule has 1 heterocycles. The van der Waals surface area contributed by atoms with Gasteiger partial charge in [-0.3, -0.25) is 0 Å². The van der Waals surface area contributed by atoms with Crippen LogP contribution in [0.4, 0.5) is 0 Å². The number of aliphatic hydroxyl groups is 1. The molecule has 0 radical (unpaired) electrons. The van der Waals surface area contributed by atoms with E-state index in [1.807, 2.05) is 6.92 Å². The van der Waals surface area contributed by atoms with Crippen LogP contribution < -0.4 is 4.74 Å². The third-order valence-electron chi connectivity index (χ3n) is 4.26. The van der Waals surface area contributed by atoms with E-state index in [9.17, 15) is 5.11 Å². The Balaban J connectivity index is 1.70. The summed E-state index contributed by atoms with van der Waals surface area (Å²) in [6, 6.07) is 6.25. The molecule has 1 fully saturated rings. The van der Waals surface area contributed by atoms with Crippen LogP contribution in [-0.4, -0.2) is 42.4 Å². The lowest BCUT2D eigenvalue weighted by atomic mass is 10.0. The van der Waals surface area contributed by atoms with Crippen LogP contribution in [0.1, 0.15) is 30.9 Å². The van der Waals surface area contributed by atoms with Gasteiger partial charge in [0.25, 0.3) is 0 Å². The van der Waals surface area contributed by atoms with Gasteiger partial charge >= 0.3 is 0 Å². The van der Waals surface area contributed by atoms with Crippen molar-refractivity contribution in [1.29, 1.82) is 0 Å². The standard InChI is InChI=1S/C17H27NO2/c1-13-6-4-7-14(2)17(13)20-11-5-9-18-10-8-16(12-18)15(3)19/h4,6-7,15-16,19H,5,8-12H2,1-3H3. The van der Waals surface area contributed by atoms with E-state index >= 15 is 0 Å². The first-order valence-corrected chi connectivity index (χ1v) is 7.67. The summed E-state index contributed by atoms with van der Waals surface area (Å²) < 4.78 is 5.93. The molecule has 1 N–H and O–H groups in total. The lowest BCUT2D eigenvalue weighted by molar-refractivity contribution is 0.127. The monoisotopic (exact) mass is 277 g/mol. The number of hydrogen-bond acceptors (Lipinski definition) is 3. The molecule has 2 unspecified atom stereocenters. The Morgan fingerprint density at radius 1 is 1.35 bits per heavy atom. The zero-order chi connectivity index (χ0) is 14.5. The van der Waals surface area contributed by atoms with Gasteiger partial charge in [0.05, 0.1) is 12.7 Å². The predicted octanol–water partition coefficient (Wildman–Crippen LogP) is 2.78. The van der Waals surface area contributed by atoms with Crippen molar-refractivity contribution in [2.24, 2.45) is 5.92 Å². The fraction of sp³-hybridized carbons (Fsp3) is 0.647. The second kappa shape index (κ2) is 7.09. The molecule has 1 aromatic carbocycles. The summed E-state index contributed by atoms with van der Waals surface area (Å²) in [5.74, 6) is 1.49. The topological polar surface area (TPSA) is 32.7 Å². The highest BCUT2D eigenvalue weighted by Gasteiger charge is 2.25. The van der Waals surface area contributed by atoms with Crippen LogP contribution >= 0.6 is 0 Å². The lowest BCUT2D eigenvalue weighted by Gasteiger charge is -2.18. The van der Waals surface area contributed by atoms with Crippen LogP contribution in [0.25, 0.3) is 0 Å². The molecule has 2 rings (SSSR count). The Bertz CT molecular complexity index is 411. The molecule has 1 aromatic rings. The normalized spacial score (nSPS) is 21.1. The minimum absolute atomic E-state index is 0.175. The minimum Gasteiger partial charge on any atom is -0.493 e. The second-order valence-corrected chi connectivity index (χ2v) is 6.01. The van der Waals surface area contributed by atoms with Gasteiger partial charge in [-0.2, -0.15) is 0 Å². The summed E-state index contributed by atoms with van der Waals surface area (Å²) in [5, 5.41) is 9.60. The van der Waals surface area contributed by atoms with Crippen molar-refractivity contribution in [3.63, 3.8) is 0 Å². The molecule has 3 heteroatoms. The maximum atomic E-state index is 9.60. The molecule has 112 valence electrons. The third-order valence-corrected chi connectivity index (χ3v) is 4.26. The maximum Gasteiger partial charge on any atom is 0.125 e. The molecule has 0 aliphatic carbocycles. The SMILES string of the molecule is Cc1cccc(C)c1OCCCN1CCC(C(C)O)C1. The number of para-hydroxylation sites is 1. The smallest absolute Gasteiger partial charge is 0.125 e. The third kappa shape index (κ3) is 3.97. The van der Waals surface area contributed by atoms with Gasteiger partial charge in [0.1, 0.15) is 5.75 Å². The summed E-state index contributed by atoms with van der Waals surface area (Å²) in [4.78, 5) is 2.44. The molecule has 2 atom stereocenters. The molecule has 0 spiro atoms. The number of rotatable bonds is 6. The van der Waals surface area contributed by atoms with Gasteiger partial charge in [-0.15, -0.1) is 0 Å². The van der Waals surface area contributed by atoms with Gasteiger partial charge in [-0.25, -0.2) is 0 Å². The van der Waals surface area contributed by atoms with Gasteiger partial charge in [-0.05, 0) is 57.2 Å². The van der Waals surface area contributed by atoms with E-state index in [2.05, 4.69) is 36.9 Å². The maximum absolute atomic E-state index is 9.60. The molecular formula is C17H27NO2. The number of ether oxygens (including phenoxy) is 1. The van der Waals surface area contributed by atoms with E-state index < -0.39 is 0 Å². The molecule has 1 aliphatic heterocycles. The van der Waals surface area contributed by atoms with Crippen molar-refractivity contribution in [3.05, 3.63) is 29.3 Å². The molecule has 3 nitrogen and oxygen atoms in total. The number of aliphatic hydroxyl groups excluding tert-OH is 1. The fourth-order valence-corrected chi connectivity index (χ4v) is 2.95. The first kappa shape index (κ1) is 15.3. The molecule has 0 aromatic heterocycles. The molecule has 20 heavy (non-hydrogen) atoms. The Morgan fingerprint density at radius 2 is 2.05 bits per heavy atom. The van der Waals surface area contributed by atoms with Crippen molar-refractivity contribution in [3.8, 4) is 5.75 Å². The first-order chi connectivity index (χ1) is 9.58. The average Bonchev–Trinajstić information content (AvgIpc) is 2.86. The summed E-state index contributed by atoms with van der Waals surface area (Å²) in [6.45, 7) is 10.1. The van der Waals surface area contributed by atoms with Crippen LogP contribution in [-0.2, 0) is 0 Å². The van der Waals surface area contributed by atoms with Crippen LogP contribution in [0.2, 0.25) is 0 Å². The van der Waals surface area contributed by atoms with Crippen LogP contribution in [0, 0.1) is 19.8 Å². The Labute approximate surface area is 122 Å². The zero-order valence-electron chi connectivity index (χ0n) is 12.9. The predicted molar refractivity (Wildman–Crippen MR) is 82.3 cm³/mol. The van der Waals surface area contributed by atoms with Gasteiger partial charge in [0.15, 0.2) is 0 Å². The molecule has 1 aliphatic rings. The summed E-state index contributed by atoms with van der Waals surface area (Å²) in [5.41, 5.74) is 2.42. The van der Waals surface area contributed by atoms with E-state index in [0.29, 0.717) is 5.92 Å². The van der Waals surface area contributed by atoms with Gasteiger partial charge in [-0.1, -0.05) is 18.2 Å². The lowest BCUT2D eigenvalue weighted by Crippen LogP contribution is -2.26. The summed E-state index contributed by atoms with van der Waals surface area (Å²) >= 11 is 0. The van der Waals surface area contributed by atoms with E-state index in [1.54, 1.807) is 0 Å². The van der Waals surface area contributed by atoms with Gasteiger partial charge < -0.3 is 14.7 Å². The largest absolute Gasteiger partial charge is 0.493 e. The summed E-state index contributed by atoms with van der Waals surface area (Å²) in [6.07, 6.45) is 1.99. The molecule has 1 saturated heterocycles. The highest BCUT2D eigenvalue weighted by molar-refractivity contribution is 5.39. The Kier molecular flexibility index (Phi) is 5.44. The number of aryl methyl sites for hydroxylation is 2. The van der Waals surface area contributed by atoms with E-state index in [-0.39, 0.29) is 6.10 Å². The molecular weight excluding hydrogens is 250 g/mol. The minimum atomic E-state index is -0.175. The van der Waals surface area contributed by atoms with Crippen molar-refractivity contribution < 1.29 is 9.84 Å². The highest BCUT2D eigenvalue weighted by Crippen LogP contribution is 2.23. The Morgan fingerprint density at radius 3 is 2.65 bits per heavy atom. The van der Waals surface area contributed by atoms with Crippen molar-refractivity contribution in [1.82, 2.24) is 4.90 Å². The van der Waals surface area contributed by atoms with E-state index in [1.165, 1.54) is 11.1 Å². The number of benzene rings is 1. The Hall–Kier alpha value is -1.06. The molecule has 0 amide bonds. The summed E-state index contributed by atoms with van der Waals surface area (Å²) in [7, 11) is 0. The van der Waals surface area contributed by atoms with Crippen LogP contribution in [0.3, 0.4) is 0 Å². The molecule has 0 bridgehead atoms. The number of likely N-dealkylation sites (tertiary alicyclic amines) is 1. The fourth-order valence-electron chi connectivity index (χ4n) is 2.95. The number of nitrogens with zero attached hydrogens (tertiary/aromatic N) is 1. The van der Waals surface area contributed by atoms with Crippen molar-refractivity contribution in [2.45, 2.75) is 39.7 Å². The van der Waals surface area contributed by atoms with Crippen molar-refractivity contribution >= 4 is 0 Å². The van der Waals surface area contributed by atoms with Crippen LogP contribution in [0.15, 0.2) is 18.2 Å². The average molecular weight is 277 g/mol. The van der Waals surface area contributed by atoms with E-state index in [0.717, 1.165) is 44.8 Å². The second-order valence-electron chi connectivity index (χ2n) is 6.01. The zero-order valence-corrected chi connectivity index (χ0v) is 12.9. The molecule has 0 saturated carbocycles. The quantitative estimate of drug-likeness (QED) is 0.812. The van der Waals surface area contributed by atoms with Gasteiger partial charge in [0.2, 0.25) is 0 Å². The van der Waals surface area contributed by atoms with Crippen molar-refractivity contribution in [2.75, 3.05) is 26.2 Å². The van der Waals surface area contributed by atoms with E-state index in [4.69, 9.17) is 4.74 Å². The highest BCUT2D eigenvalue weighted by atomic mass is 16.5. The van der Waals surface area contributed by atoms with Crippen LogP contribution in [0.5, 0.6) is 5.75 Å². The first-order valence-electron chi connectivity index (χ1n) is 7.67. The van der Waals surface area contributed by atoms with Gasteiger partial charge in [0, 0.05) is 13.1 Å². The number of hydrogen-bond donors (Lipinski definition) is 1.